The Kier molecular flexibility index (Phi) is 4.57. The standard InChI is InChI=1S/C15H24N2S/c1-12(2)18-14-6-4-13(5-7-14)17-11-15(10-16)8-3-9-15/h4-7,12,17H,3,8-11,16H2,1-2H3. The third-order valence-corrected chi connectivity index (χ3v) is 4.76. The molecule has 0 bridgehead atoms. The number of nitrogens with two attached hydrogens (primary N) is 1. The fourth-order valence-corrected chi connectivity index (χ4v) is 3.18. The van der Waals surface area contributed by atoms with E-state index in [0.717, 1.165) is 13.1 Å². The summed E-state index contributed by atoms with van der Waals surface area (Å²) >= 11 is 1.90. The van der Waals surface area contributed by atoms with Gasteiger partial charge in [0.25, 0.3) is 0 Å². The molecule has 1 aromatic rings. The van der Waals surface area contributed by atoms with Crippen molar-refractivity contribution in [1.29, 1.82) is 0 Å². The lowest BCUT2D eigenvalue weighted by Gasteiger charge is -2.41. The van der Waals surface area contributed by atoms with Crippen LogP contribution in [0.15, 0.2) is 29.2 Å². The van der Waals surface area contributed by atoms with E-state index in [1.165, 1.54) is 29.8 Å². The van der Waals surface area contributed by atoms with Crippen molar-refractivity contribution >= 4 is 17.4 Å². The summed E-state index contributed by atoms with van der Waals surface area (Å²) in [5, 5.41) is 4.17. The van der Waals surface area contributed by atoms with Crippen LogP contribution in [0.4, 0.5) is 5.69 Å². The van der Waals surface area contributed by atoms with Crippen molar-refractivity contribution in [1.82, 2.24) is 0 Å². The van der Waals surface area contributed by atoms with Crippen LogP contribution in [-0.2, 0) is 0 Å². The van der Waals surface area contributed by atoms with Crippen LogP contribution >= 0.6 is 11.8 Å². The quantitative estimate of drug-likeness (QED) is 0.769. The number of benzene rings is 1. The van der Waals surface area contributed by atoms with Crippen LogP contribution in [0.2, 0.25) is 0 Å². The Morgan fingerprint density at radius 3 is 2.39 bits per heavy atom. The molecular weight excluding hydrogens is 240 g/mol. The second kappa shape index (κ2) is 5.98. The average Bonchev–Trinajstić information content (AvgIpc) is 2.30. The predicted octanol–water partition coefficient (Wildman–Crippen LogP) is 3.73. The van der Waals surface area contributed by atoms with Gasteiger partial charge >= 0.3 is 0 Å². The Balaban J connectivity index is 1.86. The normalized spacial score (nSPS) is 17.6. The predicted molar refractivity (Wildman–Crippen MR) is 81.3 cm³/mol. The van der Waals surface area contributed by atoms with Gasteiger partial charge in [0.1, 0.15) is 0 Å². The molecule has 2 rings (SSSR count). The van der Waals surface area contributed by atoms with Crippen LogP contribution in [0, 0.1) is 5.41 Å². The van der Waals surface area contributed by atoms with E-state index in [0.29, 0.717) is 10.7 Å². The van der Waals surface area contributed by atoms with Gasteiger partial charge in [-0.05, 0) is 49.1 Å². The zero-order chi connectivity index (χ0) is 13.0. The third-order valence-electron chi connectivity index (χ3n) is 3.74. The summed E-state index contributed by atoms with van der Waals surface area (Å²) in [4.78, 5) is 1.34. The Morgan fingerprint density at radius 2 is 1.94 bits per heavy atom. The molecule has 1 aliphatic carbocycles. The van der Waals surface area contributed by atoms with E-state index in [9.17, 15) is 0 Å². The monoisotopic (exact) mass is 264 g/mol. The maximum atomic E-state index is 5.87. The van der Waals surface area contributed by atoms with Crippen molar-refractivity contribution in [2.75, 3.05) is 18.4 Å². The number of rotatable bonds is 6. The second-order valence-corrected chi connectivity index (χ2v) is 7.25. The maximum absolute atomic E-state index is 5.87. The molecule has 0 amide bonds. The average molecular weight is 264 g/mol. The van der Waals surface area contributed by atoms with Gasteiger partial charge in [0.2, 0.25) is 0 Å². The summed E-state index contributed by atoms with van der Waals surface area (Å²) < 4.78 is 0. The van der Waals surface area contributed by atoms with Gasteiger partial charge in [0.15, 0.2) is 0 Å². The summed E-state index contributed by atoms with van der Waals surface area (Å²) in [6.45, 7) is 6.26. The molecule has 0 atom stereocenters. The second-order valence-electron chi connectivity index (χ2n) is 5.60. The van der Waals surface area contributed by atoms with E-state index in [1.807, 2.05) is 11.8 Å². The van der Waals surface area contributed by atoms with Crippen LogP contribution < -0.4 is 11.1 Å². The van der Waals surface area contributed by atoms with Crippen molar-refractivity contribution in [3.8, 4) is 0 Å². The minimum Gasteiger partial charge on any atom is -0.384 e. The van der Waals surface area contributed by atoms with Crippen molar-refractivity contribution in [2.24, 2.45) is 11.1 Å². The van der Waals surface area contributed by atoms with Gasteiger partial charge in [0, 0.05) is 22.4 Å². The number of thioether (sulfide) groups is 1. The molecule has 0 radical (unpaired) electrons. The minimum absolute atomic E-state index is 0.366. The highest BCUT2D eigenvalue weighted by Gasteiger charge is 2.35. The molecule has 0 unspecified atom stereocenters. The van der Waals surface area contributed by atoms with Gasteiger partial charge in [-0.15, -0.1) is 11.8 Å². The molecular formula is C15H24N2S. The molecule has 0 spiro atoms. The van der Waals surface area contributed by atoms with Crippen LogP contribution in [0.1, 0.15) is 33.1 Å². The highest BCUT2D eigenvalue weighted by molar-refractivity contribution is 7.99. The maximum Gasteiger partial charge on any atom is 0.0341 e. The van der Waals surface area contributed by atoms with Gasteiger partial charge in [0.05, 0.1) is 0 Å². The minimum atomic E-state index is 0.366. The SMILES string of the molecule is CC(C)Sc1ccc(NCC2(CN)CCC2)cc1. The van der Waals surface area contributed by atoms with E-state index >= 15 is 0 Å². The molecule has 0 saturated heterocycles. The smallest absolute Gasteiger partial charge is 0.0341 e. The molecule has 1 aromatic carbocycles. The summed E-state index contributed by atoms with van der Waals surface area (Å²) in [5.41, 5.74) is 7.45. The van der Waals surface area contributed by atoms with E-state index in [1.54, 1.807) is 0 Å². The zero-order valence-electron chi connectivity index (χ0n) is 11.4. The lowest BCUT2D eigenvalue weighted by molar-refractivity contribution is 0.163. The summed E-state index contributed by atoms with van der Waals surface area (Å²) in [5.74, 6) is 0. The molecule has 0 aromatic heterocycles. The van der Waals surface area contributed by atoms with Crippen molar-refractivity contribution in [2.45, 2.75) is 43.3 Å². The molecule has 1 saturated carbocycles. The first-order chi connectivity index (χ1) is 8.63. The summed E-state index contributed by atoms with van der Waals surface area (Å²) in [7, 11) is 0. The molecule has 3 N–H and O–H groups in total. The first kappa shape index (κ1) is 13.8. The number of nitrogens with one attached hydrogen (secondary N) is 1. The molecule has 1 aliphatic rings. The first-order valence-electron chi connectivity index (χ1n) is 6.84. The highest BCUT2D eigenvalue weighted by Crippen LogP contribution is 2.39. The molecule has 18 heavy (non-hydrogen) atoms. The fourth-order valence-electron chi connectivity index (χ4n) is 2.34. The highest BCUT2D eigenvalue weighted by atomic mass is 32.2. The summed E-state index contributed by atoms with van der Waals surface area (Å²) in [6, 6.07) is 8.74. The van der Waals surface area contributed by atoms with Crippen LogP contribution in [-0.4, -0.2) is 18.3 Å². The first-order valence-corrected chi connectivity index (χ1v) is 7.72. The van der Waals surface area contributed by atoms with E-state index in [4.69, 9.17) is 5.73 Å². The number of hydrogen-bond donors (Lipinski definition) is 2. The zero-order valence-corrected chi connectivity index (χ0v) is 12.2. The Bertz CT molecular complexity index is 363. The largest absolute Gasteiger partial charge is 0.384 e. The molecule has 2 nitrogen and oxygen atoms in total. The topological polar surface area (TPSA) is 38.0 Å². The lowest BCUT2D eigenvalue weighted by atomic mass is 9.69. The van der Waals surface area contributed by atoms with Crippen LogP contribution in [0.5, 0.6) is 0 Å². The number of anilines is 1. The van der Waals surface area contributed by atoms with Crippen molar-refractivity contribution in [3.05, 3.63) is 24.3 Å². The van der Waals surface area contributed by atoms with Crippen molar-refractivity contribution < 1.29 is 0 Å². The Labute approximate surface area is 115 Å². The molecule has 1 fully saturated rings. The van der Waals surface area contributed by atoms with Crippen molar-refractivity contribution in [3.63, 3.8) is 0 Å². The van der Waals surface area contributed by atoms with Crippen LogP contribution in [0.3, 0.4) is 0 Å². The number of hydrogen-bond acceptors (Lipinski definition) is 3. The molecule has 0 aliphatic heterocycles. The fraction of sp³-hybridized carbons (Fsp3) is 0.600. The van der Waals surface area contributed by atoms with E-state index in [-0.39, 0.29) is 0 Å². The Morgan fingerprint density at radius 1 is 1.28 bits per heavy atom. The third kappa shape index (κ3) is 3.42. The molecule has 100 valence electrons. The van der Waals surface area contributed by atoms with Gasteiger partial charge in [-0.25, -0.2) is 0 Å². The Hall–Kier alpha value is -0.670. The van der Waals surface area contributed by atoms with Crippen LogP contribution in [0.25, 0.3) is 0 Å². The van der Waals surface area contributed by atoms with Gasteiger partial charge in [-0.1, -0.05) is 20.3 Å². The van der Waals surface area contributed by atoms with Gasteiger partial charge in [-0.2, -0.15) is 0 Å². The van der Waals surface area contributed by atoms with Gasteiger partial charge in [-0.3, -0.25) is 0 Å². The lowest BCUT2D eigenvalue weighted by Crippen LogP contribution is -2.42. The molecule has 3 heteroatoms. The van der Waals surface area contributed by atoms with E-state index in [2.05, 4.69) is 43.4 Å². The molecule has 0 heterocycles. The summed E-state index contributed by atoms with van der Waals surface area (Å²) in [6.07, 6.45) is 3.89. The van der Waals surface area contributed by atoms with E-state index < -0.39 is 0 Å². The van der Waals surface area contributed by atoms with Gasteiger partial charge < -0.3 is 11.1 Å².